The zero-order chi connectivity index (χ0) is 19.1. The van der Waals surface area contributed by atoms with E-state index < -0.39 is 25.9 Å². The predicted molar refractivity (Wildman–Crippen MR) is 98.7 cm³/mol. The van der Waals surface area contributed by atoms with E-state index in [0.29, 0.717) is 11.4 Å². The number of rotatable bonds is 6. The minimum atomic E-state index is -3.87. The van der Waals surface area contributed by atoms with Crippen LogP contribution in [0.1, 0.15) is 18.4 Å². The van der Waals surface area contributed by atoms with E-state index in [9.17, 15) is 21.2 Å². The Bertz CT molecular complexity index is 1030. The van der Waals surface area contributed by atoms with E-state index in [2.05, 4.69) is 4.72 Å². The Balaban J connectivity index is 1.83. The van der Waals surface area contributed by atoms with Gasteiger partial charge in [0.05, 0.1) is 16.8 Å². The van der Waals surface area contributed by atoms with Crippen molar-refractivity contribution in [1.82, 2.24) is 0 Å². The number of sulfonamides is 2. The van der Waals surface area contributed by atoms with Gasteiger partial charge in [-0.15, -0.1) is 0 Å². The fourth-order valence-corrected chi connectivity index (χ4v) is 5.06. The van der Waals surface area contributed by atoms with E-state index in [-0.39, 0.29) is 16.5 Å². The Morgan fingerprint density at radius 1 is 1.04 bits per heavy atom. The monoisotopic (exact) mass is 398 g/mol. The van der Waals surface area contributed by atoms with Crippen molar-refractivity contribution in [1.29, 1.82) is 0 Å². The highest BCUT2D eigenvalue weighted by atomic mass is 32.2. The topological polar surface area (TPSA) is 83.6 Å². The third kappa shape index (κ3) is 3.99. The van der Waals surface area contributed by atoms with Crippen LogP contribution >= 0.6 is 0 Å². The molecule has 0 bridgehead atoms. The third-order valence-electron chi connectivity index (χ3n) is 4.05. The predicted octanol–water partition coefficient (Wildman–Crippen LogP) is 2.86. The molecule has 0 aromatic heterocycles. The van der Waals surface area contributed by atoms with Crippen LogP contribution in [-0.2, 0) is 20.0 Å². The van der Waals surface area contributed by atoms with Gasteiger partial charge in [-0.1, -0.05) is 0 Å². The molecule has 0 saturated heterocycles. The summed E-state index contributed by atoms with van der Waals surface area (Å²) in [6.45, 7) is 1.49. The first-order valence-electron chi connectivity index (χ1n) is 7.96. The number of halogens is 1. The van der Waals surface area contributed by atoms with Crippen molar-refractivity contribution in [3.63, 3.8) is 0 Å². The summed E-state index contributed by atoms with van der Waals surface area (Å²) in [7, 11) is -7.26. The van der Waals surface area contributed by atoms with Gasteiger partial charge in [0.25, 0.3) is 10.0 Å². The Morgan fingerprint density at radius 3 is 2.15 bits per heavy atom. The highest BCUT2D eigenvalue weighted by molar-refractivity contribution is 7.92. The van der Waals surface area contributed by atoms with Gasteiger partial charge in [0, 0.05) is 11.7 Å². The number of nitrogens with zero attached hydrogens (tertiary/aromatic N) is 1. The van der Waals surface area contributed by atoms with Crippen molar-refractivity contribution in [2.75, 3.05) is 15.3 Å². The maximum Gasteiger partial charge on any atom is 0.261 e. The van der Waals surface area contributed by atoms with Gasteiger partial charge < -0.3 is 0 Å². The lowest BCUT2D eigenvalue weighted by Gasteiger charge is -2.22. The molecule has 2 aromatic carbocycles. The first-order chi connectivity index (χ1) is 12.1. The van der Waals surface area contributed by atoms with Crippen molar-refractivity contribution < 1.29 is 21.2 Å². The van der Waals surface area contributed by atoms with Crippen LogP contribution in [0, 0.1) is 12.7 Å². The zero-order valence-electron chi connectivity index (χ0n) is 14.3. The van der Waals surface area contributed by atoms with Crippen molar-refractivity contribution in [2.45, 2.75) is 30.7 Å². The molecule has 140 valence electrons. The summed E-state index contributed by atoms with van der Waals surface area (Å²) in [6, 6.07) is 9.65. The second-order valence-corrected chi connectivity index (χ2v) is 9.90. The smallest absolute Gasteiger partial charge is 0.261 e. The Kier molecular flexibility index (Phi) is 4.70. The van der Waals surface area contributed by atoms with E-state index in [1.807, 2.05) is 0 Å². The lowest BCUT2D eigenvalue weighted by Crippen LogP contribution is -2.31. The molecule has 9 heteroatoms. The van der Waals surface area contributed by atoms with E-state index >= 15 is 0 Å². The SMILES string of the molecule is Cc1cc(S(=O)(=O)Nc2ccc(N(C3CC3)S(C)(=O)=O)cc2)ccc1F. The fraction of sp³-hybridized carbons (Fsp3) is 0.294. The third-order valence-corrected chi connectivity index (χ3v) is 6.65. The molecular formula is C17H19FN2O4S2. The Labute approximate surface area is 152 Å². The van der Waals surface area contributed by atoms with Crippen molar-refractivity contribution >= 4 is 31.4 Å². The molecule has 1 saturated carbocycles. The first kappa shape index (κ1) is 18.7. The van der Waals surface area contributed by atoms with Gasteiger partial charge in [0.2, 0.25) is 10.0 Å². The fourth-order valence-electron chi connectivity index (χ4n) is 2.66. The van der Waals surface area contributed by atoms with Crippen LogP contribution in [0.3, 0.4) is 0 Å². The van der Waals surface area contributed by atoms with Gasteiger partial charge in [0.15, 0.2) is 0 Å². The van der Waals surface area contributed by atoms with Crippen LogP contribution in [0.5, 0.6) is 0 Å². The minimum absolute atomic E-state index is 0.0327. The van der Waals surface area contributed by atoms with Crippen LogP contribution in [0.4, 0.5) is 15.8 Å². The molecule has 1 aliphatic carbocycles. The van der Waals surface area contributed by atoms with Gasteiger partial charge in [-0.05, 0) is 67.8 Å². The molecule has 1 fully saturated rings. The Hall–Kier alpha value is -2.13. The lowest BCUT2D eigenvalue weighted by atomic mass is 10.2. The van der Waals surface area contributed by atoms with Crippen molar-refractivity contribution in [3.05, 3.63) is 53.8 Å². The lowest BCUT2D eigenvalue weighted by molar-refractivity contribution is 0.595. The normalized spacial score (nSPS) is 14.9. The highest BCUT2D eigenvalue weighted by Crippen LogP contribution is 2.34. The number of hydrogen-bond acceptors (Lipinski definition) is 4. The second-order valence-electron chi connectivity index (χ2n) is 6.35. The van der Waals surface area contributed by atoms with Crippen LogP contribution in [0.15, 0.2) is 47.4 Å². The molecule has 0 unspecified atom stereocenters. The van der Waals surface area contributed by atoms with Gasteiger partial charge >= 0.3 is 0 Å². The molecule has 0 atom stereocenters. The van der Waals surface area contributed by atoms with Crippen LogP contribution < -0.4 is 9.03 Å². The maximum atomic E-state index is 13.3. The summed E-state index contributed by atoms with van der Waals surface area (Å²) in [5, 5.41) is 0. The first-order valence-corrected chi connectivity index (χ1v) is 11.3. The van der Waals surface area contributed by atoms with Gasteiger partial charge in [0.1, 0.15) is 5.82 Å². The summed E-state index contributed by atoms with van der Waals surface area (Å²) in [4.78, 5) is -0.0452. The highest BCUT2D eigenvalue weighted by Gasteiger charge is 2.35. The summed E-state index contributed by atoms with van der Waals surface area (Å²) < 4.78 is 65.9. The molecule has 0 radical (unpaired) electrons. The van der Waals surface area contributed by atoms with E-state index in [1.165, 1.54) is 35.5 Å². The summed E-state index contributed by atoms with van der Waals surface area (Å²) >= 11 is 0. The second kappa shape index (κ2) is 6.55. The molecule has 3 rings (SSSR count). The molecular weight excluding hydrogens is 379 g/mol. The molecule has 0 spiro atoms. The molecule has 0 aliphatic heterocycles. The van der Waals surface area contributed by atoms with E-state index in [0.717, 1.165) is 25.2 Å². The molecule has 26 heavy (non-hydrogen) atoms. The van der Waals surface area contributed by atoms with Gasteiger partial charge in [-0.3, -0.25) is 9.03 Å². The van der Waals surface area contributed by atoms with Gasteiger partial charge in [-0.25, -0.2) is 21.2 Å². The van der Waals surface area contributed by atoms with Crippen molar-refractivity contribution in [3.8, 4) is 0 Å². The molecule has 1 N–H and O–H groups in total. The number of nitrogens with one attached hydrogen (secondary N) is 1. The number of aryl methyl sites for hydroxylation is 1. The molecule has 2 aromatic rings. The Morgan fingerprint density at radius 2 is 1.65 bits per heavy atom. The van der Waals surface area contributed by atoms with Gasteiger partial charge in [-0.2, -0.15) is 0 Å². The summed E-state index contributed by atoms with van der Waals surface area (Å²) in [5.41, 5.74) is 1.02. The quantitative estimate of drug-likeness (QED) is 0.811. The standard InChI is InChI=1S/C17H19FN2O4S2/c1-12-11-16(9-10-17(12)18)26(23,24)19-13-3-5-14(6-4-13)20(15-7-8-15)25(2,21)22/h3-6,9-11,15,19H,7-8H2,1-2H3. The van der Waals surface area contributed by atoms with Crippen molar-refractivity contribution in [2.24, 2.45) is 0 Å². The largest absolute Gasteiger partial charge is 0.280 e. The number of hydrogen-bond donors (Lipinski definition) is 1. The summed E-state index contributed by atoms with van der Waals surface area (Å²) in [6.07, 6.45) is 2.77. The molecule has 1 aliphatic rings. The molecule has 6 nitrogen and oxygen atoms in total. The average molecular weight is 398 g/mol. The maximum absolute atomic E-state index is 13.3. The van der Waals surface area contributed by atoms with E-state index in [1.54, 1.807) is 12.1 Å². The minimum Gasteiger partial charge on any atom is -0.280 e. The molecule has 0 heterocycles. The number of anilines is 2. The molecule has 0 amide bonds. The number of benzene rings is 2. The summed E-state index contributed by atoms with van der Waals surface area (Å²) in [5.74, 6) is -0.478. The van der Waals surface area contributed by atoms with Crippen LogP contribution in [0.25, 0.3) is 0 Å². The van der Waals surface area contributed by atoms with Crippen LogP contribution in [0.2, 0.25) is 0 Å². The zero-order valence-corrected chi connectivity index (χ0v) is 15.9. The average Bonchev–Trinajstić information content (AvgIpc) is 3.35. The van der Waals surface area contributed by atoms with E-state index in [4.69, 9.17) is 0 Å². The van der Waals surface area contributed by atoms with Crippen LogP contribution in [-0.4, -0.2) is 29.1 Å².